The Bertz CT molecular complexity index is 320. The van der Waals surface area contributed by atoms with E-state index in [4.69, 9.17) is 0 Å². The van der Waals surface area contributed by atoms with Crippen molar-refractivity contribution in [2.24, 2.45) is 0 Å². The van der Waals surface area contributed by atoms with Gasteiger partial charge in [-0.15, -0.1) is 0 Å². The van der Waals surface area contributed by atoms with E-state index in [0.29, 0.717) is 3.70 Å². The summed E-state index contributed by atoms with van der Waals surface area (Å²) < 4.78 is 28.7. The molecule has 0 aliphatic rings. The number of aryl methyl sites for hydroxylation is 1. The van der Waals surface area contributed by atoms with Gasteiger partial charge in [0.05, 0.1) is 0 Å². The molecule has 1 aromatic heterocycles. The number of nitrogens with zero attached hydrogens (tertiary/aromatic N) is 1. The molecule has 2 nitrogen and oxygen atoms in total. The molecular weight excluding hydrogens is 315 g/mol. The maximum Gasteiger partial charge on any atom is 0.387 e. The molecule has 1 aromatic rings. The van der Waals surface area contributed by atoms with Gasteiger partial charge in [-0.2, -0.15) is 8.78 Å². The average Bonchev–Trinajstić information content (AvgIpc) is 2.18. The molecule has 0 aromatic carbocycles. The van der Waals surface area contributed by atoms with Crippen LogP contribution in [0.3, 0.4) is 0 Å². The minimum absolute atomic E-state index is 0.144. The molecular formula is C10H12F2INO. The molecule has 0 unspecified atom stereocenters. The summed E-state index contributed by atoms with van der Waals surface area (Å²) in [6.07, 6.45) is 3.02. The van der Waals surface area contributed by atoms with E-state index >= 15 is 0 Å². The van der Waals surface area contributed by atoms with E-state index in [0.717, 1.165) is 25.0 Å². The largest absolute Gasteiger partial charge is 0.432 e. The number of unbranched alkanes of at least 4 members (excludes halogenated alkanes) is 1. The number of alkyl halides is 2. The Hall–Kier alpha value is -0.460. The van der Waals surface area contributed by atoms with E-state index in [9.17, 15) is 8.78 Å². The monoisotopic (exact) mass is 327 g/mol. The first-order valence-electron chi connectivity index (χ1n) is 4.73. The van der Waals surface area contributed by atoms with Gasteiger partial charge in [-0.1, -0.05) is 13.3 Å². The topological polar surface area (TPSA) is 22.1 Å². The third-order valence-electron chi connectivity index (χ3n) is 1.87. The highest BCUT2D eigenvalue weighted by molar-refractivity contribution is 14.1. The summed E-state index contributed by atoms with van der Waals surface area (Å²) in [5.74, 6) is 0.144. The van der Waals surface area contributed by atoms with E-state index in [1.54, 1.807) is 12.1 Å². The van der Waals surface area contributed by atoms with Crippen LogP contribution in [-0.4, -0.2) is 11.6 Å². The Balaban J connectivity index is 2.70. The fourth-order valence-corrected chi connectivity index (χ4v) is 1.76. The van der Waals surface area contributed by atoms with Gasteiger partial charge in [0.1, 0.15) is 3.70 Å². The number of hydrogen-bond acceptors (Lipinski definition) is 2. The van der Waals surface area contributed by atoms with Crippen molar-refractivity contribution in [3.05, 3.63) is 21.5 Å². The van der Waals surface area contributed by atoms with Gasteiger partial charge in [-0.3, -0.25) is 0 Å². The maximum atomic E-state index is 12.0. The van der Waals surface area contributed by atoms with Crippen molar-refractivity contribution in [2.75, 3.05) is 0 Å². The SMILES string of the molecule is CCCCc1ccc(OC(F)F)c(I)n1. The van der Waals surface area contributed by atoms with Crippen LogP contribution in [0, 0.1) is 3.70 Å². The third-order valence-corrected chi connectivity index (χ3v) is 2.65. The zero-order valence-electron chi connectivity index (χ0n) is 8.34. The molecule has 0 saturated carbocycles. The lowest BCUT2D eigenvalue weighted by Gasteiger charge is -2.07. The molecule has 0 aliphatic carbocycles. The number of hydrogen-bond donors (Lipinski definition) is 0. The lowest BCUT2D eigenvalue weighted by molar-refractivity contribution is -0.0507. The first-order chi connectivity index (χ1) is 7.13. The molecule has 0 radical (unpaired) electrons. The summed E-state index contributed by atoms with van der Waals surface area (Å²) >= 11 is 1.90. The van der Waals surface area contributed by atoms with Crippen molar-refractivity contribution in [3.8, 4) is 5.75 Å². The first kappa shape index (κ1) is 12.6. The van der Waals surface area contributed by atoms with E-state index in [1.807, 2.05) is 22.6 Å². The van der Waals surface area contributed by atoms with Crippen LogP contribution in [0.15, 0.2) is 12.1 Å². The van der Waals surface area contributed by atoms with Crippen molar-refractivity contribution in [2.45, 2.75) is 32.8 Å². The van der Waals surface area contributed by atoms with Crippen molar-refractivity contribution in [1.29, 1.82) is 0 Å². The fourth-order valence-electron chi connectivity index (χ4n) is 1.14. The van der Waals surface area contributed by atoms with E-state index in [-0.39, 0.29) is 5.75 Å². The summed E-state index contributed by atoms with van der Waals surface area (Å²) in [5.41, 5.74) is 0.919. The first-order valence-corrected chi connectivity index (χ1v) is 5.81. The predicted molar refractivity (Wildman–Crippen MR) is 62.2 cm³/mol. The third kappa shape index (κ3) is 4.27. The van der Waals surface area contributed by atoms with E-state index in [2.05, 4.69) is 16.6 Å². The van der Waals surface area contributed by atoms with E-state index in [1.165, 1.54) is 0 Å². The average molecular weight is 327 g/mol. The Morgan fingerprint density at radius 2 is 2.20 bits per heavy atom. The molecule has 5 heteroatoms. The Labute approximate surface area is 101 Å². The van der Waals surface area contributed by atoms with Crippen molar-refractivity contribution in [3.63, 3.8) is 0 Å². The molecule has 0 bridgehead atoms. The van der Waals surface area contributed by atoms with Crippen LogP contribution in [0.1, 0.15) is 25.5 Å². The van der Waals surface area contributed by atoms with Gasteiger partial charge in [0.2, 0.25) is 0 Å². The Kier molecular flexibility index (Phi) is 5.21. The molecule has 0 aliphatic heterocycles. The standard InChI is InChI=1S/C10H12F2INO/c1-2-3-4-7-5-6-8(9(13)14-7)15-10(11)12/h5-6,10H,2-4H2,1H3. The zero-order valence-corrected chi connectivity index (χ0v) is 10.5. The number of halogens is 3. The van der Waals surface area contributed by atoms with Crippen LogP contribution in [0.25, 0.3) is 0 Å². The highest BCUT2D eigenvalue weighted by Gasteiger charge is 2.09. The Morgan fingerprint density at radius 1 is 1.47 bits per heavy atom. The number of rotatable bonds is 5. The van der Waals surface area contributed by atoms with Gasteiger partial charge in [0.25, 0.3) is 0 Å². The molecule has 84 valence electrons. The minimum Gasteiger partial charge on any atom is -0.432 e. The predicted octanol–water partition coefficient (Wildman–Crippen LogP) is 3.63. The van der Waals surface area contributed by atoms with Crippen LogP contribution in [-0.2, 0) is 6.42 Å². The molecule has 0 saturated heterocycles. The molecule has 1 heterocycles. The van der Waals surface area contributed by atoms with Crippen molar-refractivity contribution >= 4 is 22.6 Å². The molecule has 1 rings (SSSR count). The smallest absolute Gasteiger partial charge is 0.387 e. The van der Waals surface area contributed by atoms with Crippen LogP contribution in [0.5, 0.6) is 5.75 Å². The second-order valence-corrected chi connectivity index (χ2v) is 4.10. The molecule has 0 N–H and O–H groups in total. The highest BCUT2D eigenvalue weighted by Crippen LogP contribution is 2.21. The van der Waals surface area contributed by atoms with Gasteiger partial charge in [-0.05, 0) is 47.6 Å². The number of aromatic nitrogens is 1. The number of ether oxygens (including phenoxy) is 1. The van der Waals surface area contributed by atoms with Gasteiger partial charge in [-0.25, -0.2) is 4.98 Å². The summed E-state index contributed by atoms with van der Waals surface area (Å²) in [6, 6.07) is 3.28. The molecule has 0 amide bonds. The zero-order chi connectivity index (χ0) is 11.3. The Morgan fingerprint density at radius 3 is 2.73 bits per heavy atom. The van der Waals surface area contributed by atoms with Crippen molar-refractivity contribution in [1.82, 2.24) is 4.98 Å². The maximum absolute atomic E-state index is 12.0. The lowest BCUT2D eigenvalue weighted by atomic mass is 10.2. The fraction of sp³-hybridized carbons (Fsp3) is 0.500. The molecule has 15 heavy (non-hydrogen) atoms. The highest BCUT2D eigenvalue weighted by atomic mass is 127. The van der Waals surface area contributed by atoms with E-state index < -0.39 is 6.61 Å². The van der Waals surface area contributed by atoms with Crippen molar-refractivity contribution < 1.29 is 13.5 Å². The molecule has 0 fully saturated rings. The second kappa shape index (κ2) is 6.19. The normalized spacial score (nSPS) is 10.7. The summed E-state index contributed by atoms with van der Waals surface area (Å²) in [6.45, 7) is -0.694. The van der Waals surface area contributed by atoms with Gasteiger partial charge >= 0.3 is 6.61 Å². The number of pyridine rings is 1. The molecule has 0 spiro atoms. The summed E-state index contributed by atoms with van der Waals surface area (Å²) in [4.78, 5) is 4.19. The lowest BCUT2D eigenvalue weighted by Crippen LogP contribution is -2.05. The van der Waals surface area contributed by atoms with Crippen LogP contribution < -0.4 is 4.74 Å². The quantitative estimate of drug-likeness (QED) is 0.609. The van der Waals surface area contributed by atoms with Crippen LogP contribution in [0.2, 0.25) is 0 Å². The summed E-state index contributed by atoms with van der Waals surface area (Å²) in [7, 11) is 0. The van der Waals surface area contributed by atoms with Gasteiger partial charge in [0, 0.05) is 5.69 Å². The van der Waals surface area contributed by atoms with Crippen LogP contribution in [0.4, 0.5) is 8.78 Å². The summed E-state index contributed by atoms with van der Waals surface area (Å²) in [5, 5.41) is 0. The van der Waals surface area contributed by atoms with Crippen LogP contribution >= 0.6 is 22.6 Å². The second-order valence-electron chi connectivity index (χ2n) is 3.07. The van der Waals surface area contributed by atoms with Gasteiger partial charge in [0.15, 0.2) is 5.75 Å². The minimum atomic E-state index is -2.79. The van der Waals surface area contributed by atoms with Gasteiger partial charge < -0.3 is 4.74 Å². The molecule has 0 atom stereocenters.